The lowest BCUT2D eigenvalue weighted by Crippen LogP contribution is -1.78. The predicted octanol–water partition coefficient (Wildman–Crippen LogP) is 3.60. The van der Waals surface area contributed by atoms with Crippen LogP contribution in [0.25, 0.3) is 0 Å². The number of hydrogen-bond donors (Lipinski definition) is 1. The fraction of sp³-hybridized carbons (Fsp3) is 0. The average molecular weight is 256 g/mol. The number of H-pyrrole nitrogens is 1. The Hall–Kier alpha value is -1.04. The fourth-order valence-electron chi connectivity index (χ4n) is 0.956. The lowest BCUT2D eigenvalue weighted by atomic mass is 10.2. The van der Waals surface area contributed by atoms with E-state index in [1.807, 2.05) is 24.3 Å². The maximum absolute atomic E-state index is 5.76. The van der Waals surface area contributed by atoms with E-state index < -0.39 is 0 Å². The molecule has 76 valence electrons. The molecule has 0 bridgehead atoms. The van der Waals surface area contributed by atoms with Crippen molar-refractivity contribution < 1.29 is 0 Å². The molecule has 0 saturated carbocycles. The van der Waals surface area contributed by atoms with Crippen molar-refractivity contribution in [1.82, 2.24) is 10.2 Å². The summed E-state index contributed by atoms with van der Waals surface area (Å²) in [7, 11) is 0. The molecular formula is C9H6ClN3S2. The molecule has 0 spiro atoms. The summed E-state index contributed by atoms with van der Waals surface area (Å²) in [5, 5.41) is 7.91. The SMILES string of the molecule is S=c1[nH]nc(/N=C/c2ccc(Cl)cc2)s1. The monoisotopic (exact) mass is 255 g/mol. The number of nitrogens with one attached hydrogen (secondary N) is 1. The Morgan fingerprint density at radius 1 is 1.40 bits per heavy atom. The molecule has 1 heterocycles. The van der Waals surface area contributed by atoms with Crippen LogP contribution in [0.15, 0.2) is 29.3 Å². The maximum Gasteiger partial charge on any atom is 0.230 e. The Balaban J connectivity index is 2.18. The van der Waals surface area contributed by atoms with Crippen molar-refractivity contribution >= 4 is 46.5 Å². The number of rotatable bonds is 2. The van der Waals surface area contributed by atoms with Gasteiger partial charge in [0.15, 0.2) is 3.95 Å². The lowest BCUT2D eigenvalue weighted by molar-refractivity contribution is 1.07. The summed E-state index contributed by atoms with van der Waals surface area (Å²) in [6, 6.07) is 7.40. The highest BCUT2D eigenvalue weighted by Crippen LogP contribution is 2.15. The molecule has 15 heavy (non-hydrogen) atoms. The van der Waals surface area contributed by atoms with Crippen LogP contribution in [0.5, 0.6) is 0 Å². The Morgan fingerprint density at radius 2 is 2.13 bits per heavy atom. The molecule has 0 unspecified atom stereocenters. The molecule has 0 atom stereocenters. The van der Waals surface area contributed by atoms with E-state index in [2.05, 4.69) is 15.2 Å². The molecule has 0 aliphatic rings. The van der Waals surface area contributed by atoms with E-state index in [1.54, 1.807) is 6.21 Å². The van der Waals surface area contributed by atoms with Gasteiger partial charge in [0, 0.05) is 11.2 Å². The molecular weight excluding hydrogens is 250 g/mol. The van der Waals surface area contributed by atoms with Crippen LogP contribution in [0, 0.1) is 3.95 Å². The van der Waals surface area contributed by atoms with E-state index in [-0.39, 0.29) is 0 Å². The molecule has 3 nitrogen and oxygen atoms in total. The van der Waals surface area contributed by atoms with Gasteiger partial charge in [0.05, 0.1) is 0 Å². The van der Waals surface area contributed by atoms with Crippen molar-refractivity contribution in [2.75, 3.05) is 0 Å². The van der Waals surface area contributed by atoms with Crippen molar-refractivity contribution in [3.05, 3.63) is 38.8 Å². The summed E-state index contributed by atoms with van der Waals surface area (Å²) < 4.78 is 0.623. The third-order valence-electron chi connectivity index (χ3n) is 1.62. The first kappa shape index (κ1) is 10.5. The fourth-order valence-corrected chi connectivity index (χ4v) is 1.80. The zero-order valence-corrected chi connectivity index (χ0v) is 9.86. The van der Waals surface area contributed by atoms with Crippen molar-refractivity contribution in [3.63, 3.8) is 0 Å². The second-order valence-corrected chi connectivity index (χ2v) is 4.79. The van der Waals surface area contributed by atoms with Gasteiger partial charge < -0.3 is 0 Å². The molecule has 1 N–H and O–H groups in total. The highest BCUT2D eigenvalue weighted by Gasteiger charge is 1.93. The van der Waals surface area contributed by atoms with Crippen molar-refractivity contribution in [2.45, 2.75) is 0 Å². The molecule has 0 radical (unpaired) electrons. The van der Waals surface area contributed by atoms with Crippen LogP contribution in [0.3, 0.4) is 0 Å². The van der Waals surface area contributed by atoms with Crippen LogP contribution in [-0.4, -0.2) is 16.4 Å². The molecule has 1 aromatic heterocycles. The van der Waals surface area contributed by atoms with Gasteiger partial charge in [-0.15, -0.1) is 5.10 Å². The summed E-state index contributed by atoms with van der Waals surface area (Å²) in [4.78, 5) is 4.17. The molecule has 0 aliphatic heterocycles. The molecule has 0 fully saturated rings. The zero-order valence-electron chi connectivity index (χ0n) is 7.48. The minimum Gasteiger partial charge on any atom is -0.256 e. The number of hydrogen-bond acceptors (Lipinski definition) is 4. The Morgan fingerprint density at radius 3 is 2.73 bits per heavy atom. The number of halogens is 1. The van der Waals surface area contributed by atoms with E-state index >= 15 is 0 Å². The number of aliphatic imine (C=N–C) groups is 1. The predicted molar refractivity (Wildman–Crippen MR) is 66.0 cm³/mol. The first-order valence-electron chi connectivity index (χ1n) is 4.09. The Kier molecular flexibility index (Phi) is 3.25. The summed E-state index contributed by atoms with van der Waals surface area (Å²) in [5.41, 5.74) is 0.973. The van der Waals surface area contributed by atoms with Crippen molar-refractivity contribution in [2.24, 2.45) is 4.99 Å². The molecule has 1 aromatic carbocycles. The maximum atomic E-state index is 5.76. The minimum absolute atomic E-state index is 0.620. The van der Waals surface area contributed by atoms with E-state index in [0.29, 0.717) is 14.1 Å². The first-order chi connectivity index (χ1) is 7.24. The molecule has 0 amide bonds. The molecule has 2 rings (SSSR count). The van der Waals surface area contributed by atoms with Gasteiger partial charge in [-0.3, -0.25) is 5.10 Å². The third kappa shape index (κ3) is 2.95. The van der Waals surface area contributed by atoms with Crippen LogP contribution in [0.1, 0.15) is 5.56 Å². The van der Waals surface area contributed by atoms with Gasteiger partial charge in [-0.1, -0.05) is 35.1 Å². The second kappa shape index (κ2) is 4.65. The normalized spacial score (nSPS) is 11.0. The van der Waals surface area contributed by atoms with Gasteiger partial charge in [0.2, 0.25) is 5.13 Å². The van der Waals surface area contributed by atoms with Gasteiger partial charge in [0.25, 0.3) is 0 Å². The van der Waals surface area contributed by atoms with E-state index in [9.17, 15) is 0 Å². The summed E-state index contributed by atoms with van der Waals surface area (Å²) in [6.45, 7) is 0. The van der Waals surface area contributed by atoms with Crippen LogP contribution in [0.4, 0.5) is 5.13 Å². The number of nitrogens with zero attached hydrogens (tertiary/aromatic N) is 2. The smallest absolute Gasteiger partial charge is 0.230 e. The minimum atomic E-state index is 0.620. The van der Waals surface area contributed by atoms with Gasteiger partial charge in [-0.25, -0.2) is 4.99 Å². The van der Waals surface area contributed by atoms with E-state index in [0.717, 1.165) is 5.56 Å². The van der Waals surface area contributed by atoms with Crippen LogP contribution < -0.4 is 0 Å². The first-order valence-corrected chi connectivity index (χ1v) is 5.69. The van der Waals surface area contributed by atoms with E-state index in [1.165, 1.54) is 11.3 Å². The lowest BCUT2D eigenvalue weighted by Gasteiger charge is -1.91. The number of aromatic nitrogens is 2. The zero-order chi connectivity index (χ0) is 10.7. The number of aromatic amines is 1. The molecule has 2 aromatic rings. The van der Waals surface area contributed by atoms with Gasteiger partial charge >= 0.3 is 0 Å². The van der Waals surface area contributed by atoms with Gasteiger partial charge in [-0.2, -0.15) is 0 Å². The van der Waals surface area contributed by atoms with Gasteiger partial charge in [-0.05, 0) is 29.9 Å². The largest absolute Gasteiger partial charge is 0.256 e. The highest BCUT2D eigenvalue weighted by molar-refractivity contribution is 7.73. The van der Waals surface area contributed by atoms with Crippen molar-refractivity contribution in [3.8, 4) is 0 Å². The number of benzene rings is 1. The van der Waals surface area contributed by atoms with Crippen LogP contribution in [-0.2, 0) is 0 Å². The quantitative estimate of drug-likeness (QED) is 0.658. The van der Waals surface area contributed by atoms with Crippen molar-refractivity contribution in [1.29, 1.82) is 0 Å². The van der Waals surface area contributed by atoms with Crippen LogP contribution in [0.2, 0.25) is 5.02 Å². The highest BCUT2D eigenvalue weighted by atomic mass is 35.5. The summed E-state index contributed by atoms with van der Waals surface area (Å²) in [6.07, 6.45) is 1.72. The molecule has 0 aliphatic carbocycles. The third-order valence-corrected chi connectivity index (χ3v) is 2.87. The summed E-state index contributed by atoms with van der Waals surface area (Å²) >= 11 is 12.0. The van der Waals surface area contributed by atoms with E-state index in [4.69, 9.17) is 23.8 Å². The molecule has 6 heteroatoms. The standard InChI is InChI=1S/C9H6ClN3S2/c10-7-3-1-6(2-4-7)5-11-8-12-13-9(14)15-8/h1-5H,(H,13,14)/b11-5+. The average Bonchev–Trinajstić information content (AvgIpc) is 2.64. The summed E-state index contributed by atoms with van der Waals surface area (Å²) in [5.74, 6) is 0. The van der Waals surface area contributed by atoms with Crippen LogP contribution >= 0.6 is 35.2 Å². The Bertz CT molecular complexity index is 527. The topological polar surface area (TPSA) is 41.0 Å². The molecule has 0 saturated heterocycles. The van der Waals surface area contributed by atoms with Gasteiger partial charge in [0.1, 0.15) is 0 Å². The Labute approximate surface area is 100 Å². The second-order valence-electron chi connectivity index (χ2n) is 2.71.